The van der Waals surface area contributed by atoms with Gasteiger partial charge in [0.25, 0.3) is 0 Å². The lowest BCUT2D eigenvalue weighted by Gasteiger charge is -2.25. The molecule has 0 aliphatic carbocycles. The smallest absolute Gasteiger partial charge is 0.349 e. The zero-order valence-corrected chi connectivity index (χ0v) is 18.9. The van der Waals surface area contributed by atoms with Gasteiger partial charge in [0, 0.05) is 18.8 Å². The van der Waals surface area contributed by atoms with Crippen LogP contribution >= 0.6 is 11.3 Å². The fourth-order valence-electron chi connectivity index (χ4n) is 3.39. The molecule has 0 spiro atoms. The minimum absolute atomic E-state index is 0.0415. The molecule has 160 valence electrons. The van der Waals surface area contributed by atoms with Crippen LogP contribution in [0.3, 0.4) is 0 Å². The number of para-hydroxylation sites is 2. The number of esters is 1. The van der Waals surface area contributed by atoms with Crippen LogP contribution in [-0.2, 0) is 14.8 Å². The highest BCUT2D eigenvalue weighted by molar-refractivity contribution is 7.89. The first kappa shape index (κ1) is 21.2. The van der Waals surface area contributed by atoms with E-state index in [0.717, 1.165) is 33.6 Å². The molecule has 2 aromatic heterocycles. The number of nitrogens with zero attached hydrogens (tertiary/aromatic N) is 3. The largest absolute Gasteiger partial charge is 0.465 e. The second-order valence-electron chi connectivity index (χ2n) is 7.00. The van der Waals surface area contributed by atoms with Crippen molar-refractivity contribution in [1.29, 1.82) is 0 Å². The second-order valence-corrected chi connectivity index (χ2v) is 9.88. The van der Waals surface area contributed by atoms with Crippen LogP contribution < -0.4 is 0 Å². The molecule has 4 aromatic rings. The summed E-state index contributed by atoms with van der Waals surface area (Å²) in [6.45, 7) is 1.81. The number of fused-ring (bicyclic) bond motifs is 1. The van der Waals surface area contributed by atoms with E-state index in [1.54, 1.807) is 11.7 Å². The van der Waals surface area contributed by atoms with E-state index >= 15 is 0 Å². The number of aromatic nitrogens is 2. The number of rotatable bonds is 6. The third kappa shape index (κ3) is 3.76. The molecule has 31 heavy (non-hydrogen) atoms. The molecule has 0 aliphatic heterocycles. The summed E-state index contributed by atoms with van der Waals surface area (Å²) in [5.74, 6) is -0.661. The van der Waals surface area contributed by atoms with Crippen molar-refractivity contribution in [3.63, 3.8) is 0 Å². The molecule has 0 unspecified atom stereocenters. The number of thiophene rings is 1. The lowest BCUT2D eigenvalue weighted by Crippen LogP contribution is -2.30. The Kier molecular flexibility index (Phi) is 5.65. The summed E-state index contributed by atoms with van der Waals surface area (Å²) < 4.78 is 34.3. The number of hydrogen-bond donors (Lipinski definition) is 0. The molecule has 0 aliphatic rings. The summed E-state index contributed by atoms with van der Waals surface area (Å²) in [5, 5.41) is 1.57. The third-order valence-corrected chi connectivity index (χ3v) is 8.30. The zero-order chi connectivity index (χ0) is 22.2. The summed E-state index contributed by atoms with van der Waals surface area (Å²) in [6.07, 6.45) is 1.77. The zero-order valence-electron chi connectivity index (χ0n) is 17.2. The number of carbonyl (C=O) groups excluding carboxylic acids is 1. The van der Waals surface area contributed by atoms with Gasteiger partial charge in [-0.2, -0.15) is 4.31 Å². The van der Waals surface area contributed by atoms with Crippen LogP contribution in [0.1, 0.15) is 28.2 Å². The fourth-order valence-corrected chi connectivity index (χ4v) is 6.05. The van der Waals surface area contributed by atoms with Gasteiger partial charge in [0.05, 0.1) is 18.1 Å². The first-order valence-electron chi connectivity index (χ1n) is 9.51. The van der Waals surface area contributed by atoms with Gasteiger partial charge in [-0.25, -0.2) is 18.2 Å². The minimum atomic E-state index is -3.88. The van der Waals surface area contributed by atoms with Crippen molar-refractivity contribution >= 4 is 38.4 Å². The van der Waals surface area contributed by atoms with Crippen molar-refractivity contribution in [2.45, 2.75) is 17.9 Å². The Morgan fingerprint density at radius 1 is 1.13 bits per heavy atom. The monoisotopic (exact) mass is 455 g/mol. The quantitative estimate of drug-likeness (QED) is 0.406. The predicted molar refractivity (Wildman–Crippen MR) is 120 cm³/mol. The Balaban J connectivity index is 1.61. The normalized spacial score (nSPS) is 12.9. The summed E-state index contributed by atoms with van der Waals surface area (Å²) in [7, 11) is -1.14. The maximum absolute atomic E-state index is 13.2. The molecular weight excluding hydrogens is 434 g/mol. The highest BCUT2D eigenvalue weighted by Gasteiger charge is 2.31. The molecule has 0 radical (unpaired) electrons. The number of ether oxygens (including phenoxy) is 1. The van der Waals surface area contributed by atoms with E-state index in [1.807, 2.05) is 60.0 Å². The minimum Gasteiger partial charge on any atom is -0.465 e. The first-order valence-corrected chi connectivity index (χ1v) is 11.8. The van der Waals surface area contributed by atoms with E-state index in [2.05, 4.69) is 4.98 Å². The Hall–Kier alpha value is -3.01. The molecule has 0 bridgehead atoms. The van der Waals surface area contributed by atoms with Gasteiger partial charge in [0.2, 0.25) is 10.0 Å². The third-order valence-electron chi connectivity index (χ3n) is 5.31. The molecule has 0 fully saturated rings. The second kappa shape index (κ2) is 8.26. The van der Waals surface area contributed by atoms with Crippen molar-refractivity contribution in [3.8, 4) is 5.69 Å². The number of carbonyl (C=O) groups is 1. The van der Waals surface area contributed by atoms with Gasteiger partial charge in [-0.05, 0) is 48.2 Å². The van der Waals surface area contributed by atoms with Crippen LogP contribution in [0, 0.1) is 0 Å². The van der Waals surface area contributed by atoms with E-state index in [-0.39, 0.29) is 9.77 Å². The summed E-state index contributed by atoms with van der Waals surface area (Å²) >= 11 is 1.05. The molecule has 0 saturated heterocycles. The fraction of sp³-hybridized carbons (Fsp3) is 0.182. The van der Waals surface area contributed by atoms with Gasteiger partial charge < -0.3 is 4.74 Å². The van der Waals surface area contributed by atoms with Crippen molar-refractivity contribution in [3.05, 3.63) is 76.7 Å². The highest BCUT2D eigenvalue weighted by Crippen LogP contribution is 2.31. The average molecular weight is 456 g/mol. The van der Waals surface area contributed by atoms with Crippen molar-refractivity contribution < 1.29 is 17.9 Å². The number of methoxy groups -OCH3 is 1. The van der Waals surface area contributed by atoms with Crippen LogP contribution in [-0.4, -0.2) is 42.4 Å². The van der Waals surface area contributed by atoms with Crippen LogP contribution in [0.15, 0.2) is 71.2 Å². The maximum atomic E-state index is 13.2. The van der Waals surface area contributed by atoms with Gasteiger partial charge in [0.1, 0.15) is 16.1 Å². The topological polar surface area (TPSA) is 81.5 Å². The van der Waals surface area contributed by atoms with E-state index in [1.165, 1.54) is 24.5 Å². The Bertz CT molecular complexity index is 1340. The maximum Gasteiger partial charge on any atom is 0.349 e. The molecule has 2 heterocycles. The molecule has 4 rings (SSSR count). The Morgan fingerprint density at radius 2 is 1.84 bits per heavy atom. The van der Waals surface area contributed by atoms with Gasteiger partial charge in [0.15, 0.2) is 0 Å². The van der Waals surface area contributed by atoms with E-state index < -0.39 is 22.0 Å². The van der Waals surface area contributed by atoms with Crippen molar-refractivity contribution in [1.82, 2.24) is 13.9 Å². The van der Waals surface area contributed by atoms with Gasteiger partial charge in [-0.15, -0.1) is 11.3 Å². The number of sulfonamides is 1. The van der Waals surface area contributed by atoms with Crippen LogP contribution in [0.25, 0.3) is 16.7 Å². The van der Waals surface area contributed by atoms with Crippen molar-refractivity contribution in [2.24, 2.45) is 0 Å². The van der Waals surface area contributed by atoms with Gasteiger partial charge in [-0.3, -0.25) is 4.57 Å². The number of imidazole rings is 1. The molecule has 7 nitrogen and oxygen atoms in total. The summed E-state index contributed by atoms with van der Waals surface area (Å²) in [5.41, 5.74) is 3.66. The van der Waals surface area contributed by atoms with Crippen LogP contribution in [0.5, 0.6) is 0 Å². The van der Waals surface area contributed by atoms with Crippen LogP contribution in [0.4, 0.5) is 0 Å². The lowest BCUT2D eigenvalue weighted by molar-refractivity contribution is 0.0602. The Morgan fingerprint density at radius 3 is 2.55 bits per heavy atom. The molecule has 0 amide bonds. The molecule has 0 saturated carbocycles. The van der Waals surface area contributed by atoms with Gasteiger partial charge >= 0.3 is 5.97 Å². The summed E-state index contributed by atoms with van der Waals surface area (Å²) in [6, 6.07) is 16.5. The van der Waals surface area contributed by atoms with Crippen molar-refractivity contribution in [2.75, 3.05) is 14.2 Å². The molecule has 2 aromatic carbocycles. The highest BCUT2D eigenvalue weighted by atomic mass is 32.2. The standard InChI is InChI=1S/C22H21N3O4S2/c1-15(24(2)31(27,28)20-12-13-30-21(20)22(26)29-3)16-8-10-17(11-9-16)25-14-23-18-6-4-5-7-19(18)25/h4-15H,1-3H3/t15-/m0/s1. The van der Waals surface area contributed by atoms with E-state index in [9.17, 15) is 13.2 Å². The summed E-state index contributed by atoms with van der Waals surface area (Å²) in [4.78, 5) is 16.4. The van der Waals surface area contributed by atoms with E-state index in [0.29, 0.717) is 0 Å². The molecule has 1 atom stereocenters. The first-order chi connectivity index (χ1) is 14.8. The lowest BCUT2D eigenvalue weighted by atomic mass is 10.1. The van der Waals surface area contributed by atoms with Crippen LogP contribution in [0.2, 0.25) is 0 Å². The SMILES string of the molecule is COC(=O)c1sccc1S(=O)(=O)N(C)[C@@H](C)c1ccc(-n2cnc3ccccc32)cc1. The Labute approximate surface area is 184 Å². The number of hydrogen-bond acceptors (Lipinski definition) is 6. The van der Waals surface area contributed by atoms with Gasteiger partial charge in [-0.1, -0.05) is 24.3 Å². The van der Waals surface area contributed by atoms with E-state index in [4.69, 9.17) is 4.74 Å². The number of benzene rings is 2. The molecule has 9 heteroatoms. The molecular formula is C22H21N3O4S2. The average Bonchev–Trinajstić information content (AvgIpc) is 3.45. The predicted octanol–water partition coefficient (Wildman–Crippen LogP) is 4.26. The molecule has 0 N–H and O–H groups in total.